The van der Waals surface area contributed by atoms with Crippen LogP contribution in [0.2, 0.25) is 0 Å². The molecule has 0 aliphatic heterocycles. The van der Waals surface area contributed by atoms with E-state index in [4.69, 9.17) is 11.5 Å². The summed E-state index contributed by atoms with van der Waals surface area (Å²) in [5, 5.41) is 0. The zero-order chi connectivity index (χ0) is 9.90. The number of hydrogen-bond donors (Lipinski definition) is 2. The molecule has 4 N–H and O–H groups in total. The van der Waals surface area contributed by atoms with Crippen LogP contribution in [-0.2, 0) is 4.79 Å². The first-order chi connectivity index (χ1) is 6.11. The van der Waals surface area contributed by atoms with Crippen molar-refractivity contribution in [1.82, 2.24) is 0 Å². The summed E-state index contributed by atoms with van der Waals surface area (Å²) >= 11 is 1.73. The molecule has 0 saturated heterocycles. The zero-order valence-corrected chi connectivity index (χ0v) is 8.90. The Morgan fingerprint density at radius 3 is 2.62 bits per heavy atom. The van der Waals surface area contributed by atoms with Gasteiger partial charge in [-0.25, -0.2) is 0 Å². The minimum Gasteiger partial charge on any atom is -0.368 e. The predicted octanol–water partition coefficient (Wildman–Crippen LogP) is 0.722. The zero-order valence-electron chi connectivity index (χ0n) is 8.08. The van der Waals surface area contributed by atoms with Gasteiger partial charge in [-0.05, 0) is 30.9 Å². The maximum absolute atomic E-state index is 11.2. The summed E-state index contributed by atoms with van der Waals surface area (Å²) in [7, 11) is 0. The molecule has 76 valence electrons. The fourth-order valence-corrected chi connectivity index (χ4v) is 2.52. The Balaban J connectivity index is 2.42. The lowest BCUT2D eigenvalue weighted by atomic mass is 9.96. The van der Waals surface area contributed by atoms with Crippen LogP contribution in [-0.4, -0.2) is 23.0 Å². The minimum atomic E-state index is -0.736. The predicted molar refractivity (Wildman–Crippen MR) is 56.5 cm³/mol. The molecule has 0 spiro atoms. The van der Waals surface area contributed by atoms with E-state index in [1.54, 1.807) is 11.8 Å². The van der Waals surface area contributed by atoms with Crippen LogP contribution in [0.3, 0.4) is 0 Å². The Bertz CT molecular complexity index is 194. The molecular formula is C9H18N2OS. The summed E-state index contributed by atoms with van der Waals surface area (Å²) in [6.45, 7) is 2.12. The van der Waals surface area contributed by atoms with Crippen LogP contribution in [0, 0.1) is 5.92 Å². The first kappa shape index (κ1) is 10.9. The lowest BCUT2D eigenvalue weighted by Crippen LogP contribution is -2.56. The molecule has 1 aliphatic rings. The average molecular weight is 202 g/mol. The molecule has 1 amide bonds. The van der Waals surface area contributed by atoms with Crippen molar-refractivity contribution in [2.24, 2.45) is 17.4 Å². The van der Waals surface area contributed by atoms with Crippen LogP contribution in [0.5, 0.6) is 0 Å². The maximum Gasteiger partial charge on any atom is 0.238 e. The second-order valence-electron chi connectivity index (χ2n) is 3.73. The molecule has 1 fully saturated rings. The van der Waals surface area contributed by atoms with Gasteiger partial charge < -0.3 is 11.5 Å². The van der Waals surface area contributed by atoms with Gasteiger partial charge in [-0.2, -0.15) is 11.8 Å². The Kier molecular flexibility index (Phi) is 3.62. The number of thioether (sulfide) groups is 1. The molecule has 0 bridgehead atoms. The Morgan fingerprint density at radius 1 is 1.62 bits per heavy atom. The van der Waals surface area contributed by atoms with Crippen LogP contribution < -0.4 is 11.5 Å². The SMILES string of the molecule is CCCSCC(N)(C(N)=O)C1CC1. The number of amides is 1. The van der Waals surface area contributed by atoms with Gasteiger partial charge in [0.25, 0.3) is 0 Å². The molecule has 1 aliphatic carbocycles. The number of rotatable bonds is 6. The van der Waals surface area contributed by atoms with Gasteiger partial charge in [0.1, 0.15) is 5.54 Å². The Morgan fingerprint density at radius 2 is 2.23 bits per heavy atom. The summed E-state index contributed by atoms with van der Waals surface area (Å²) in [6, 6.07) is 0. The number of hydrogen-bond acceptors (Lipinski definition) is 3. The number of primary amides is 1. The van der Waals surface area contributed by atoms with Crippen molar-refractivity contribution >= 4 is 17.7 Å². The van der Waals surface area contributed by atoms with E-state index in [2.05, 4.69) is 6.92 Å². The van der Waals surface area contributed by atoms with Gasteiger partial charge in [-0.1, -0.05) is 6.92 Å². The number of nitrogens with two attached hydrogens (primary N) is 2. The first-order valence-corrected chi connectivity index (χ1v) is 5.93. The minimum absolute atomic E-state index is 0.335. The van der Waals surface area contributed by atoms with Crippen LogP contribution in [0.4, 0.5) is 0 Å². The molecule has 4 heteroatoms. The Labute approximate surface area is 83.6 Å². The van der Waals surface area contributed by atoms with Crippen molar-refractivity contribution in [3.63, 3.8) is 0 Å². The first-order valence-electron chi connectivity index (χ1n) is 4.77. The third kappa shape index (κ3) is 2.61. The third-order valence-electron chi connectivity index (χ3n) is 2.45. The van der Waals surface area contributed by atoms with Crippen molar-refractivity contribution in [3.05, 3.63) is 0 Å². The highest BCUT2D eigenvalue weighted by Crippen LogP contribution is 2.39. The highest BCUT2D eigenvalue weighted by molar-refractivity contribution is 7.99. The summed E-state index contributed by atoms with van der Waals surface area (Å²) in [6.07, 6.45) is 3.24. The van der Waals surface area contributed by atoms with Gasteiger partial charge in [0.05, 0.1) is 0 Å². The molecule has 1 rings (SSSR count). The largest absolute Gasteiger partial charge is 0.368 e. The lowest BCUT2D eigenvalue weighted by Gasteiger charge is -2.25. The van der Waals surface area contributed by atoms with Gasteiger partial charge in [-0.3, -0.25) is 4.79 Å². The summed E-state index contributed by atoms with van der Waals surface area (Å²) in [5.74, 6) is 1.74. The topological polar surface area (TPSA) is 69.1 Å². The van der Waals surface area contributed by atoms with Crippen molar-refractivity contribution in [3.8, 4) is 0 Å². The van der Waals surface area contributed by atoms with E-state index < -0.39 is 5.54 Å². The Hall–Kier alpha value is -0.220. The lowest BCUT2D eigenvalue weighted by molar-refractivity contribution is -0.123. The molecular weight excluding hydrogens is 184 g/mol. The third-order valence-corrected chi connectivity index (χ3v) is 3.83. The van der Waals surface area contributed by atoms with Crippen LogP contribution >= 0.6 is 11.8 Å². The van der Waals surface area contributed by atoms with E-state index in [0.29, 0.717) is 11.7 Å². The van der Waals surface area contributed by atoms with Crippen molar-refractivity contribution in [1.29, 1.82) is 0 Å². The standard InChI is InChI=1S/C9H18N2OS/c1-2-5-13-6-9(11,8(10)12)7-3-4-7/h7H,2-6,11H2,1H3,(H2,10,12). The summed E-state index contributed by atoms with van der Waals surface area (Å²) in [4.78, 5) is 11.2. The molecule has 13 heavy (non-hydrogen) atoms. The molecule has 0 aromatic carbocycles. The van der Waals surface area contributed by atoms with Crippen LogP contribution in [0.1, 0.15) is 26.2 Å². The normalized spacial score (nSPS) is 21.1. The van der Waals surface area contributed by atoms with Gasteiger partial charge in [-0.15, -0.1) is 0 Å². The van der Waals surface area contributed by atoms with Crippen molar-refractivity contribution in [2.75, 3.05) is 11.5 Å². The fraction of sp³-hybridized carbons (Fsp3) is 0.889. The summed E-state index contributed by atoms with van der Waals surface area (Å²) in [5.41, 5.74) is 10.6. The van der Waals surface area contributed by atoms with Crippen molar-refractivity contribution < 1.29 is 4.79 Å². The number of carbonyl (C=O) groups excluding carboxylic acids is 1. The summed E-state index contributed by atoms with van der Waals surface area (Å²) < 4.78 is 0. The average Bonchev–Trinajstić information content (AvgIpc) is 2.86. The van der Waals surface area contributed by atoms with Gasteiger partial charge >= 0.3 is 0 Å². The van der Waals surface area contributed by atoms with E-state index in [0.717, 1.165) is 25.0 Å². The molecule has 0 aromatic rings. The van der Waals surface area contributed by atoms with E-state index in [1.165, 1.54) is 0 Å². The molecule has 3 nitrogen and oxygen atoms in total. The van der Waals surface area contributed by atoms with Gasteiger partial charge in [0.15, 0.2) is 0 Å². The molecule has 1 unspecified atom stereocenters. The van der Waals surface area contributed by atoms with E-state index in [-0.39, 0.29) is 5.91 Å². The van der Waals surface area contributed by atoms with Crippen LogP contribution in [0.25, 0.3) is 0 Å². The smallest absolute Gasteiger partial charge is 0.238 e. The molecule has 0 radical (unpaired) electrons. The fourth-order valence-electron chi connectivity index (χ4n) is 1.37. The van der Waals surface area contributed by atoms with E-state index >= 15 is 0 Å². The maximum atomic E-state index is 11.2. The highest BCUT2D eigenvalue weighted by atomic mass is 32.2. The van der Waals surface area contributed by atoms with E-state index in [1.807, 2.05) is 0 Å². The highest BCUT2D eigenvalue weighted by Gasteiger charge is 2.46. The molecule has 0 heterocycles. The molecule has 1 atom stereocenters. The van der Waals surface area contributed by atoms with E-state index in [9.17, 15) is 4.79 Å². The second-order valence-corrected chi connectivity index (χ2v) is 4.84. The van der Waals surface area contributed by atoms with Gasteiger partial charge in [0, 0.05) is 5.75 Å². The van der Waals surface area contributed by atoms with Gasteiger partial charge in [0.2, 0.25) is 5.91 Å². The van der Waals surface area contributed by atoms with Crippen LogP contribution in [0.15, 0.2) is 0 Å². The molecule has 0 aromatic heterocycles. The molecule has 1 saturated carbocycles. The monoisotopic (exact) mass is 202 g/mol. The number of carbonyl (C=O) groups is 1. The van der Waals surface area contributed by atoms with Crippen molar-refractivity contribution in [2.45, 2.75) is 31.7 Å². The second kappa shape index (κ2) is 4.33. The quantitative estimate of drug-likeness (QED) is 0.624.